The molecular formula is C33H30FN7O3. The SMILES string of the molecule is CC(=O)Cc1ccc(NC(=O)Nc2ccc(-c3nc(N4CCOCC4)c4ccc(-c5cnc(C)nc5)cc4n3)cc2)c(F)c1. The number of aromatic nitrogens is 4. The van der Waals surface area contributed by atoms with Crippen LogP contribution in [0.1, 0.15) is 18.3 Å². The smallest absolute Gasteiger partial charge is 0.323 e. The number of rotatable bonds is 7. The van der Waals surface area contributed by atoms with E-state index in [1.54, 1.807) is 30.6 Å². The van der Waals surface area contributed by atoms with Crippen LogP contribution in [-0.4, -0.2) is 58.1 Å². The largest absolute Gasteiger partial charge is 0.378 e. The zero-order chi connectivity index (χ0) is 30.6. The van der Waals surface area contributed by atoms with Crippen LogP contribution in [0.3, 0.4) is 0 Å². The number of aryl methyl sites for hydroxylation is 1. The third kappa shape index (κ3) is 6.52. The Morgan fingerprint density at radius 2 is 1.61 bits per heavy atom. The van der Waals surface area contributed by atoms with Crippen molar-refractivity contribution in [3.8, 4) is 22.5 Å². The van der Waals surface area contributed by atoms with Gasteiger partial charge in [0.1, 0.15) is 23.2 Å². The molecule has 2 aromatic heterocycles. The van der Waals surface area contributed by atoms with Gasteiger partial charge in [-0.05, 0) is 73.5 Å². The number of fused-ring (bicyclic) bond motifs is 1. The van der Waals surface area contributed by atoms with Crippen LogP contribution in [-0.2, 0) is 16.0 Å². The minimum atomic E-state index is -0.614. The number of carbonyl (C=O) groups is 2. The molecule has 1 fully saturated rings. The first-order chi connectivity index (χ1) is 21.3. The lowest BCUT2D eigenvalue weighted by Crippen LogP contribution is -2.37. The van der Waals surface area contributed by atoms with E-state index >= 15 is 0 Å². The van der Waals surface area contributed by atoms with Gasteiger partial charge in [0.2, 0.25) is 0 Å². The summed E-state index contributed by atoms with van der Waals surface area (Å²) in [5, 5.41) is 6.17. The van der Waals surface area contributed by atoms with Gasteiger partial charge in [0.05, 0.1) is 24.4 Å². The molecule has 3 heterocycles. The van der Waals surface area contributed by atoms with E-state index in [2.05, 4.69) is 25.5 Å². The Bertz CT molecular complexity index is 1840. The van der Waals surface area contributed by atoms with Gasteiger partial charge in [-0.25, -0.2) is 29.1 Å². The molecule has 10 nitrogen and oxygen atoms in total. The first kappa shape index (κ1) is 28.8. The average Bonchev–Trinajstić information content (AvgIpc) is 3.02. The van der Waals surface area contributed by atoms with E-state index < -0.39 is 11.8 Å². The van der Waals surface area contributed by atoms with Crippen molar-refractivity contribution < 1.29 is 18.7 Å². The predicted molar refractivity (Wildman–Crippen MR) is 167 cm³/mol. The molecule has 222 valence electrons. The molecule has 0 aliphatic carbocycles. The Morgan fingerprint density at radius 3 is 2.32 bits per heavy atom. The van der Waals surface area contributed by atoms with E-state index in [0.29, 0.717) is 36.1 Å². The molecule has 0 bridgehead atoms. The molecule has 1 saturated heterocycles. The van der Waals surface area contributed by atoms with Crippen LogP contribution in [0, 0.1) is 12.7 Å². The molecule has 1 aliphatic rings. The van der Waals surface area contributed by atoms with Gasteiger partial charge in [0.25, 0.3) is 0 Å². The lowest BCUT2D eigenvalue weighted by Gasteiger charge is -2.29. The van der Waals surface area contributed by atoms with Crippen LogP contribution in [0.25, 0.3) is 33.4 Å². The van der Waals surface area contributed by atoms with Crippen LogP contribution < -0.4 is 15.5 Å². The van der Waals surface area contributed by atoms with Crippen LogP contribution >= 0.6 is 0 Å². The summed E-state index contributed by atoms with van der Waals surface area (Å²) in [6.07, 6.45) is 3.73. The van der Waals surface area contributed by atoms with Crippen molar-refractivity contribution in [2.24, 2.45) is 0 Å². The third-order valence-corrected chi connectivity index (χ3v) is 7.24. The van der Waals surface area contributed by atoms with Crippen LogP contribution in [0.15, 0.2) is 73.1 Å². The van der Waals surface area contributed by atoms with Gasteiger partial charge in [-0.15, -0.1) is 0 Å². The van der Waals surface area contributed by atoms with E-state index in [1.807, 2.05) is 37.3 Å². The van der Waals surface area contributed by atoms with Gasteiger partial charge in [-0.2, -0.15) is 0 Å². The second-order valence-electron chi connectivity index (χ2n) is 10.6. The van der Waals surface area contributed by atoms with E-state index in [0.717, 1.165) is 46.5 Å². The Kier molecular flexibility index (Phi) is 8.20. The van der Waals surface area contributed by atoms with Gasteiger partial charge in [-0.1, -0.05) is 12.1 Å². The number of benzene rings is 3. The fourth-order valence-electron chi connectivity index (χ4n) is 5.02. The van der Waals surface area contributed by atoms with Gasteiger partial charge in [0.15, 0.2) is 5.82 Å². The fraction of sp³-hybridized carbons (Fsp3) is 0.212. The molecule has 0 radical (unpaired) electrons. The van der Waals surface area contributed by atoms with Crippen molar-refractivity contribution in [1.29, 1.82) is 0 Å². The molecule has 44 heavy (non-hydrogen) atoms. The summed E-state index contributed by atoms with van der Waals surface area (Å²) in [5.41, 5.74) is 4.47. The molecule has 3 aromatic carbocycles. The average molecular weight is 592 g/mol. The molecule has 1 aliphatic heterocycles. The van der Waals surface area contributed by atoms with Gasteiger partial charge in [-0.3, -0.25) is 4.79 Å². The van der Waals surface area contributed by atoms with E-state index in [4.69, 9.17) is 14.7 Å². The third-order valence-electron chi connectivity index (χ3n) is 7.24. The molecule has 0 saturated carbocycles. The minimum absolute atomic E-state index is 0.0168. The first-order valence-electron chi connectivity index (χ1n) is 14.2. The number of halogens is 1. The number of urea groups is 1. The molecule has 6 rings (SSSR count). The second kappa shape index (κ2) is 12.5. The zero-order valence-corrected chi connectivity index (χ0v) is 24.3. The summed E-state index contributed by atoms with van der Waals surface area (Å²) in [6, 6.07) is 16.9. The minimum Gasteiger partial charge on any atom is -0.378 e. The number of Topliss-reactive ketones (excluding diaryl/α,β-unsaturated/α-hetero) is 1. The van der Waals surface area contributed by atoms with Crippen LogP contribution in [0.2, 0.25) is 0 Å². The summed E-state index contributed by atoms with van der Waals surface area (Å²) in [6.45, 7) is 5.97. The number of carbonyl (C=O) groups excluding carboxylic acids is 2. The number of hydrogen-bond acceptors (Lipinski definition) is 8. The normalized spacial score (nSPS) is 13.1. The lowest BCUT2D eigenvalue weighted by atomic mass is 10.1. The van der Waals surface area contributed by atoms with Gasteiger partial charge in [0, 0.05) is 54.1 Å². The van der Waals surface area contributed by atoms with Crippen molar-refractivity contribution in [3.05, 3.63) is 90.3 Å². The number of ketones is 1. The Balaban J connectivity index is 1.25. The summed E-state index contributed by atoms with van der Waals surface area (Å²) < 4.78 is 20.0. The Labute approximate surface area is 253 Å². The highest BCUT2D eigenvalue weighted by Gasteiger charge is 2.19. The first-order valence-corrected chi connectivity index (χ1v) is 14.2. The summed E-state index contributed by atoms with van der Waals surface area (Å²) in [7, 11) is 0. The zero-order valence-electron chi connectivity index (χ0n) is 24.3. The molecular weight excluding hydrogens is 561 g/mol. The molecule has 11 heteroatoms. The maximum atomic E-state index is 14.5. The van der Waals surface area contributed by atoms with Gasteiger partial charge < -0.3 is 20.3 Å². The number of amides is 2. The molecule has 2 amide bonds. The van der Waals surface area contributed by atoms with E-state index in [1.165, 1.54) is 19.1 Å². The highest BCUT2D eigenvalue weighted by Crippen LogP contribution is 2.32. The maximum Gasteiger partial charge on any atom is 0.323 e. The Morgan fingerprint density at radius 1 is 0.886 bits per heavy atom. The quantitative estimate of drug-likeness (QED) is 0.243. The number of anilines is 3. The standard InChI is InChI=1S/C33H30FN7O3/c1-20(42)15-22-3-10-29(28(34)16-22)39-33(43)37-26-7-4-23(5-8-26)31-38-30-17-24(25-18-35-21(2)36-19-25)6-9-27(30)32(40-31)41-11-13-44-14-12-41/h3-10,16-19H,11-15H2,1-2H3,(H2,37,39,43). The summed E-state index contributed by atoms with van der Waals surface area (Å²) in [4.78, 5) is 44.6. The number of nitrogens with zero attached hydrogens (tertiary/aromatic N) is 5. The van der Waals surface area contributed by atoms with E-state index in [9.17, 15) is 14.0 Å². The van der Waals surface area contributed by atoms with E-state index in [-0.39, 0.29) is 17.9 Å². The molecule has 0 unspecified atom stereocenters. The number of morpholine rings is 1. The molecule has 0 spiro atoms. The molecule has 5 aromatic rings. The number of nitrogens with one attached hydrogen (secondary N) is 2. The topological polar surface area (TPSA) is 122 Å². The summed E-state index contributed by atoms with van der Waals surface area (Å²) in [5.74, 6) is 1.39. The highest BCUT2D eigenvalue weighted by molar-refractivity contribution is 6.00. The van der Waals surface area contributed by atoms with Crippen LogP contribution in [0.4, 0.5) is 26.4 Å². The second-order valence-corrected chi connectivity index (χ2v) is 10.6. The van der Waals surface area contributed by atoms with Crippen molar-refractivity contribution in [2.45, 2.75) is 20.3 Å². The monoisotopic (exact) mass is 591 g/mol. The predicted octanol–water partition coefficient (Wildman–Crippen LogP) is 5.81. The van der Waals surface area contributed by atoms with Crippen molar-refractivity contribution in [2.75, 3.05) is 41.8 Å². The highest BCUT2D eigenvalue weighted by atomic mass is 19.1. The molecule has 2 N–H and O–H groups in total. The number of hydrogen-bond donors (Lipinski definition) is 2. The van der Waals surface area contributed by atoms with Crippen molar-refractivity contribution in [3.63, 3.8) is 0 Å². The Hall–Kier alpha value is -5.29. The van der Waals surface area contributed by atoms with Crippen molar-refractivity contribution in [1.82, 2.24) is 19.9 Å². The van der Waals surface area contributed by atoms with Gasteiger partial charge >= 0.3 is 6.03 Å². The molecule has 0 atom stereocenters. The van der Waals surface area contributed by atoms with Crippen molar-refractivity contribution >= 4 is 39.9 Å². The number of ether oxygens (including phenoxy) is 1. The lowest BCUT2D eigenvalue weighted by molar-refractivity contribution is -0.116. The fourth-order valence-corrected chi connectivity index (χ4v) is 5.02. The summed E-state index contributed by atoms with van der Waals surface area (Å²) >= 11 is 0. The maximum absolute atomic E-state index is 14.5. The van der Waals surface area contributed by atoms with Crippen LogP contribution in [0.5, 0.6) is 0 Å².